The summed E-state index contributed by atoms with van der Waals surface area (Å²) in [6.07, 6.45) is 3.29. The van der Waals surface area contributed by atoms with Crippen molar-refractivity contribution in [1.82, 2.24) is 0 Å². The minimum Gasteiger partial charge on any atom is -0.373 e. The molecule has 1 atom stereocenters. The van der Waals surface area contributed by atoms with Crippen molar-refractivity contribution in [2.75, 3.05) is 6.61 Å². The van der Waals surface area contributed by atoms with Crippen LogP contribution in [0, 0.1) is 5.82 Å². The van der Waals surface area contributed by atoms with Gasteiger partial charge in [-0.1, -0.05) is 17.7 Å². The van der Waals surface area contributed by atoms with Crippen molar-refractivity contribution in [3.63, 3.8) is 0 Å². The van der Waals surface area contributed by atoms with Gasteiger partial charge in [0.2, 0.25) is 0 Å². The predicted molar refractivity (Wildman–Crippen MR) is 54.0 cm³/mol. The highest BCUT2D eigenvalue weighted by molar-refractivity contribution is 6.31. The van der Waals surface area contributed by atoms with Crippen molar-refractivity contribution in [3.05, 3.63) is 34.6 Å². The van der Waals surface area contributed by atoms with Crippen LogP contribution in [0.15, 0.2) is 18.2 Å². The third-order valence-electron chi connectivity index (χ3n) is 2.49. The van der Waals surface area contributed by atoms with Crippen LogP contribution in [0.4, 0.5) is 4.39 Å². The summed E-state index contributed by atoms with van der Waals surface area (Å²) in [5.74, 6) is -0.297. The van der Waals surface area contributed by atoms with E-state index in [4.69, 9.17) is 16.3 Å². The summed E-state index contributed by atoms with van der Waals surface area (Å²) in [7, 11) is 0. The summed E-state index contributed by atoms with van der Waals surface area (Å²) in [6.45, 7) is 0.776. The molecule has 1 nitrogen and oxygen atoms in total. The van der Waals surface area contributed by atoms with Crippen LogP contribution in [0.3, 0.4) is 0 Å². The Balaban J connectivity index is 2.22. The Morgan fingerprint density at radius 2 is 2.21 bits per heavy atom. The van der Waals surface area contributed by atoms with Crippen LogP contribution in [-0.4, -0.2) is 6.61 Å². The SMILES string of the molecule is Fc1ccc(C2CCCCO2)c(Cl)c1. The van der Waals surface area contributed by atoms with E-state index in [1.807, 2.05) is 0 Å². The van der Waals surface area contributed by atoms with E-state index in [2.05, 4.69) is 0 Å². The van der Waals surface area contributed by atoms with Crippen LogP contribution < -0.4 is 0 Å². The summed E-state index contributed by atoms with van der Waals surface area (Å²) in [5, 5.41) is 0.469. The zero-order valence-corrected chi connectivity index (χ0v) is 8.56. The van der Waals surface area contributed by atoms with Gasteiger partial charge < -0.3 is 4.74 Å². The Morgan fingerprint density at radius 1 is 1.36 bits per heavy atom. The average Bonchev–Trinajstić information content (AvgIpc) is 2.19. The van der Waals surface area contributed by atoms with Crippen molar-refractivity contribution >= 4 is 11.6 Å². The fourth-order valence-corrected chi connectivity index (χ4v) is 2.04. The lowest BCUT2D eigenvalue weighted by molar-refractivity contribution is 0.0150. The first-order chi connectivity index (χ1) is 6.77. The molecule has 1 unspecified atom stereocenters. The lowest BCUT2D eigenvalue weighted by Crippen LogP contribution is -2.11. The molecule has 0 saturated carbocycles. The van der Waals surface area contributed by atoms with E-state index in [1.165, 1.54) is 12.1 Å². The Kier molecular flexibility index (Phi) is 3.04. The summed E-state index contributed by atoms with van der Waals surface area (Å²) >= 11 is 5.94. The van der Waals surface area contributed by atoms with Gasteiger partial charge in [-0.2, -0.15) is 0 Å². The molecule has 0 spiro atoms. The van der Waals surface area contributed by atoms with Crippen molar-refractivity contribution in [2.24, 2.45) is 0 Å². The topological polar surface area (TPSA) is 9.23 Å². The first-order valence-electron chi connectivity index (χ1n) is 4.84. The summed E-state index contributed by atoms with van der Waals surface area (Å²) in [5.41, 5.74) is 0.910. The van der Waals surface area contributed by atoms with Crippen molar-refractivity contribution in [2.45, 2.75) is 25.4 Å². The van der Waals surface area contributed by atoms with Gasteiger partial charge in [0.05, 0.1) is 6.10 Å². The standard InChI is InChI=1S/C11H12ClFO/c12-10-7-8(13)4-5-9(10)11-3-1-2-6-14-11/h4-5,7,11H,1-3,6H2. The molecule has 0 aromatic heterocycles. The van der Waals surface area contributed by atoms with Gasteiger partial charge in [0, 0.05) is 11.6 Å². The van der Waals surface area contributed by atoms with Crippen LogP contribution in [0.5, 0.6) is 0 Å². The molecule has 1 aliphatic heterocycles. The zero-order valence-electron chi connectivity index (χ0n) is 7.80. The molecule has 1 aromatic carbocycles. The molecule has 0 aliphatic carbocycles. The van der Waals surface area contributed by atoms with Gasteiger partial charge in [-0.25, -0.2) is 4.39 Å². The largest absolute Gasteiger partial charge is 0.373 e. The second-order valence-electron chi connectivity index (χ2n) is 3.52. The maximum atomic E-state index is 12.8. The summed E-state index contributed by atoms with van der Waals surface area (Å²) < 4.78 is 18.4. The average molecular weight is 215 g/mol. The molecule has 14 heavy (non-hydrogen) atoms. The highest BCUT2D eigenvalue weighted by Gasteiger charge is 2.18. The first kappa shape index (κ1) is 9.94. The molecule has 1 aromatic rings. The van der Waals surface area contributed by atoms with E-state index >= 15 is 0 Å². The summed E-state index contributed by atoms with van der Waals surface area (Å²) in [4.78, 5) is 0. The minimum absolute atomic E-state index is 0.0526. The van der Waals surface area contributed by atoms with E-state index in [0.29, 0.717) is 5.02 Å². The number of hydrogen-bond acceptors (Lipinski definition) is 1. The molecular formula is C11H12ClFO. The Hall–Kier alpha value is -0.600. The monoisotopic (exact) mass is 214 g/mol. The second kappa shape index (κ2) is 4.28. The highest BCUT2D eigenvalue weighted by atomic mass is 35.5. The van der Waals surface area contributed by atoms with E-state index in [-0.39, 0.29) is 11.9 Å². The third kappa shape index (κ3) is 2.07. The smallest absolute Gasteiger partial charge is 0.124 e. The molecule has 0 bridgehead atoms. The first-order valence-corrected chi connectivity index (χ1v) is 5.22. The van der Waals surface area contributed by atoms with E-state index in [1.54, 1.807) is 6.07 Å². The van der Waals surface area contributed by atoms with E-state index in [9.17, 15) is 4.39 Å². The Labute approximate surface area is 87.8 Å². The number of halogens is 2. The van der Waals surface area contributed by atoms with E-state index in [0.717, 1.165) is 31.4 Å². The highest BCUT2D eigenvalue weighted by Crippen LogP contribution is 2.32. The number of hydrogen-bond donors (Lipinski definition) is 0. The Bertz CT molecular complexity index is 321. The van der Waals surface area contributed by atoms with Crippen molar-refractivity contribution in [3.8, 4) is 0 Å². The molecule has 1 aliphatic rings. The van der Waals surface area contributed by atoms with Gasteiger partial charge in [0.15, 0.2) is 0 Å². The molecule has 0 radical (unpaired) electrons. The lowest BCUT2D eigenvalue weighted by atomic mass is 10.0. The molecule has 1 heterocycles. The molecule has 2 rings (SSSR count). The van der Waals surface area contributed by atoms with Gasteiger partial charge >= 0.3 is 0 Å². The number of benzene rings is 1. The van der Waals surface area contributed by atoms with Gasteiger partial charge in [0.1, 0.15) is 5.82 Å². The minimum atomic E-state index is -0.297. The maximum Gasteiger partial charge on any atom is 0.124 e. The van der Waals surface area contributed by atoms with Crippen molar-refractivity contribution in [1.29, 1.82) is 0 Å². The van der Waals surface area contributed by atoms with E-state index < -0.39 is 0 Å². The lowest BCUT2D eigenvalue weighted by Gasteiger charge is -2.23. The molecule has 0 amide bonds. The normalized spacial score (nSPS) is 22.3. The van der Waals surface area contributed by atoms with Gasteiger partial charge in [-0.3, -0.25) is 0 Å². The number of ether oxygens (including phenoxy) is 1. The molecule has 0 N–H and O–H groups in total. The molecule has 3 heteroatoms. The van der Waals surface area contributed by atoms with Crippen LogP contribution in [0.1, 0.15) is 30.9 Å². The Morgan fingerprint density at radius 3 is 2.86 bits per heavy atom. The van der Waals surface area contributed by atoms with Crippen LogP contribution in [0.25, 0.3) is 0 Å². The zero-order chi connectivity index (χ0) is 9.97. The number of rotatable bonds is 1. The molecular weight excluding hydrogens is 203 g/mol. The second-order valence-corrected chi connectivity index (χ2v) is 3.93. The molecule has 1 fully saturated rings. The van der Waals surface area contributed by atoms with Crippen LogP contribution in [0.2, 0.25) is 5.02 Å². The van der Waals surface area contributed by atoms with Gasteiger partial charge in [-0.15, -0.1) is 0 Å². The molecule has 76 valence electrons. The van der Waals surface area contributed by atoms with Crippen molar-refractivity contribution < 1.29 is 9.13 Å². The van der Waals surface area contributed by atoms with Gasteiger partial charge in [-0.05, 0) is 37.0 Å². The van der Waals surface area contributed by atoms with Crippen LogP contribution in [-0.2, 0) is 4.74 Å². The molecule has 1 saturated heterocycles. The summed E-state index contributed by atoms with van der Waals surface area (Å²) in [6, 6.07) is 4.49. The van der Waals surface area contributed by atoms with Crippen LogP contribution >= 0.6 is 11.6 Å². The maximum absolute atomic E-state index is 12.8. The van der Waals surface area contributed by atoms with Gasteiger partial charge in [0.25, 0.3) is 0 Å². The predicted octanol–water partition coefficient (Wildman–Crippen LogP) is 3.72. The fourth-order valence-electron chi connectivity index (χ4n) is 1.75. The quantitative estimate of drug-likeness (QED) is 0.692. The third-order valence-corrected chi connectivity index (χ3v) is 2.82. The fraction of sp³-hybridized carbons (Fsp3) is 0.455.